The van der Waals surface area contributed by atoms with E-state index in [1.165, 1.54) is 16.3 Å². The van der Waals surface area contributed by atoms with E-state index in [2.05, 4.69) is 63.7 Å². The van der Waals surface area contributed by atoms with Gasteiger partial charge in [0.05, 0.1) is 5.69 Å². The number of rotatable bonds is 5. The summed E-state index contributed by atoms with van der Waals surface area (Å²) in [4.78, 5) is 9.97. The molecule has 1 aromatic heterocycles. The zero-order valence-electron chi connectivity index (χ0n) is 17.9. The molecule has 0 aliphatic carbocycles. The largest absolute Gasteiger partial charge is 0.454 e. The molecule has 2 aliphatic heterocycles. The molecule has 0 atom stereocenters. The quantitative estimate of drug-likeness (QED) is 0.434. The molecule has 4 aromatic rings. The zero-order valence-corrected chi connectivity index (χ0v) is 18.7. The number of ether oxygens (including phenoxy) is 2. The number of hydrogen-bond acceptors (Lipinski definition) is 6. The van der Waals surface area contributed by atoms with Gasteiger partial charge >= 0.3 is 0 Å². The van der Waals surface area contributed by atoms with E-state index in [9.17, 15) is 0 Å². The summed E-state index contributed by atoms with van der Waals surface area (Å²) < 4.78 is 10.9. The number of fused-ring (bicyclic) bond motifs is 2. The van der Waals surface area contributed by atoms with Crippen LogP contribution in [0.4, 0.5) is 0 Å². The molecule has 6 heteroatoms. The van der Waals surface area contributed by atoms with E-state index in [0.29, 0.717) is 6.79 Å². The van der Waals surface area contributed by atoms with E-state index in [0.717, 1.165) is 67.0 Å². The number of benzene rings is 3. The second-order valence-electron chi connectivity index (χ2n) is 8.40. The zero-order chi connectivity index (χ0) is 21.3. The Morgan fingerprint density at radius 2 is 1.59 bits per heavy atom. The minimum absolute atomic E-state index is 0.300. The highest BCUT2D eigenvalue weighted by atomic mass is 32.1. The van der Waals surface area contributed by atoms with Gasteiger partial charge in [0.2, 0.25) is 6.79 Å². The summed E-state index contributed by atoms with van der Waals surface area (Å²) >= 11 is 1.70. The summed E-state index contributed by atoms with van der Waals surface area (Å²) in [6.07, 6.45) is 0. The molecule has 0 amide bonds. The molecule has 162 valence electrons. The van der Waals surface area contributed by atoms with Crippen LogP contribution in [0, 0.1) is 0 Å². The molecule has 0 bridgehead atoms. The number of nitrogens with zero attached hydrogens (tertiary/aromatic N) is 3. The van der Waals surface area contributed by atoms with Crippen LogP contribution in [0.2, 0.25) is 0 Å². The van der Waals surface area contributed by atoms with E-state index in [1.807, 2.05) is 12.1 Å². The molecule has 3 heterocycles. The number of aromatic nitrogens is 1. The Bertz CT molecular complexity index is 1240. The van der Waals surface area contributed by atoms with Gasteiger partial charge in [-0.1, -0.05) is 42.5 Å². The fourth-order valence-corrected chi connectivity index (χ4v) is 5.36. The Morgan fingerprint density at radius 3 is 2.50 bits per heavy atom. The molecule has 1 saturated heterocycles. The van der Waals surface area contributed by atoms with Crippen molar-refractivity contribution in [3.8, 4) is 22.1 Å². The Kier molecular flexibility index (Phi) is 5.27. The van der Waals surface area contributed by atoms with Crippen molar-refractivity contribution in [2.45, 2.75) is 13.1 Å². The van der Waals surface area contributed by atoms with E-state index < -0.39 is 0 Å². The van der Waals surface area contributed by atoms with Gasteiger partial charge in [0.25, 0.3) is 0 Å². The predicted octanol–water partition coefficient (Wildman–Crippen LogP) is 5.01. The highest BCUT2D eigenvalue weighted by molar-refractivity contribution is 7.13. The minimum atomic E-state index is 0.300. The third kappa shape index (κ3) is 3.97. The third-order valence-electron chi connectivity index (χ3n) is 6.30. The van der Waals surface area contributed by atoms with Crippen molar-refractivity contribution >= 4 is 22.1 Å². The first-order valence-electron chi connectivity index (χ1n) is 11.1. The lowest BCUT2D eigenvalue weighted by atomic mass is 10.0. The van der Waals surface area contributed by atoms with Crippen molar-refractivity contribution in [1.82, 2.24) is 14.8 Å². The van der Waals surface area contributed by atoms with Crippen LogP contribution in [0.25, 0.3) is 21.3 Å². The molecule has 0 N–H and O–H groups in total. The third-order valence-corrected chi connectivity index (χ3v) is 7.24. The summed E-state index contributed by atoms with van der Waals surface area (Å²) in [5.41, 5.74) is 3.65. The molecule has 0 radical (unpaired) electrons. The monoisotopic (exact) mass is 443 g/mol. The lowest BCUT2D eigenvalue weighted by Gasteiger charge is -2.34. The van der Waals surface area contributed by atoms with Crippen LogP contribution < -0.4 is 9.47 Å². The van der Waals surface area contributed by atoms with Crippen LogP contribution >= 0.6 is 11.3 Å². The second kappa shape index (κ2) is 8.54. The molecule has 2 aliphatic rings. The summed E-state index contributed by atoms with van der Waals surface area (Å²) in [6, 6.07) is 21.4. The summed E-state index contributed by atoms with van der Waals surface area (Å²) in [5.74, 6) is 1.62. The van der Waals surface area contributed by atoms with Crippen molar-refractivity contribution in [3.05, 3.63) is 77.3 Å². The maximum atomic E-state index is 5.51. The number of hydrogen-bond donors (Lipinski definition) is 0. The first-order valence-corrected chi connectivity index (χ1v) is 12.0. The molecule has 0 unspecified atom stereocenters. The lowest BCUT2D eigenvalue weighted by Crippen LogP contribution is -2.45. The van der Waals surface area contributed by atoms with Gasteiger partial charge in [-0.05, 0) is 34.5 Å². The summed E-state index contributed by atoms with van der Waals surface area (Å²) in [6.45, 7) is 6.53. The maximum absolute atomic E-state index is 5.51. The van der Waals surface area contributed by atoms with Crippen molar-refractivity contribution in [1.29, 1.82) is 0 Å². The summed E-state index contributed by atoms with van der Waals surface area (Å²) in [5, 5.41) is 5.91. The van der Waals surface area contributed by atoms with E-state index in [1.54, 1.807) is 11.3 Å². The van der Waals surface area contributed by atoms with Gasteiger partial charge in [-0.2, -0.15) is 0 Å². The van der Waals surface area contributed by atoms with E-state index >= 15 is 0 Å². The molecule has 3 aromatic carbocycles. The first-order chi connectivity index (χ1) is 15.8. The molecule has 32 heavy (non-hydrogen) atoms. The fourth-order valence-electron chi connectivity index (χ4n) is 4.55. The average Bonchev–Trinajstić information content (AvgIpc) is 3.50. The molecule has 1 fully saturated rings. The van der Waals surface area contributed by atoms with Gasteiger partial charge in [-0.15, -0.1) is 11.3 Å². The fraction of sp³-hybridized carbons (Fsp3) is 0.269. The number of thiazole rings is 1. The Hall–Kier alpha value is -2.93. The van der Waals surface area contributed by atoms with Crippen molar-refractivity contribution < 1.29 is 9.47 Å². The van der Waals surface area contributed by atoms with Crippen LogP contribution in [0.3, 0.4) is 0 Å². The lowest BCUT2D eigenvalue weighted by molar-refractivity contribution is 0.121. The SMILES string of the molecule is c1ccc2c(CN3CCN(Cc4csc(-c5ccc6c(c5)OCO6)n4)CC3)cccc2c1. The highest BCUT2D eigenvalue weighted by Crippen LogP contribution is 2.36. The Morgan fingerprint density at radius 1 is 0.812 bits per heavy atom. The molecule has 0 saturated carbocycles. The molecule has 5 nitrogen and oxygen atoms in total. The van der Waals surface area contributed by atoms with Crippen LogP contribution in [0.15, 0.2) is 66.0 Å². The molecule has 0 spiro atoms. The number of piperazine rings is 1. The molecule has 6 rings (SSSR count). The molecular formula is C26H25N3O2S. The second-order valence-corrected chi connectivity index (χ2v) is 9.26. The average molecular weight is 444 g/mol. The van der Waals surface area contributed by atoms with Crippen LogP contribution in [-0.4, -0.2) is 47.8 Å². The van der Waals surface area contributed by atoms with Crippen molar-refractivity contribution in [2.75, 3.05) is 33.0 Å². The van der Waals surface area contributed by atoms with Crippen LogP contribution in [0.5, 0.6) is 11.5 Å². The van der Waals surface area contributed by atoms with Gasteiger partial charge in [-0.3, -0.25) is 9.80 Å². The molecular weight excluding hydrogens is 418 g/mol. The van der Waals surface area contributed by atoms with Gasteiger partial charge in [0.1, 0.15) is 5.01 Å². The normalized spacial score (nSPS) is 16.6. The van der Waals surface area contributed by atoms with Crippen molar-refractivity contribution in [3.63, 3.8) is 0 Å². The maximum Gasteiger partial charge on any atom is 0.231 e. The van der Waals surface area contributed by atoms with Gasteiger partial charge < -0.3 is 9.47 Å². The standard InChI is InChI=1S/C26H25N3O2S/c1-2-7-23-19(4-1)5-3-6-21(23)15-28-10-12-29(13-11-28)16-22-17-32-26(27-22)20-8-9-24-25(14-20)31-18-30-24/h1-9,14,17H,10-13,15-16,18H2. The van der Waals surface area contributed by atoms with Gasteiger partial charge in [0.15, 0.2) is 11.5 Å². The van der Waals surface area contributed by atoms with Crippen LogP contribution in [0.1, 0.15) is 11.3 Å². The first kappa shape index (κ1) is 19.7. The van der Waals surface area contributed by atoms with E-state index in [-0.39, 0.29) is 0 Å². The van der Waals surface area contributed by atoms with Crippen molar-refractivity contribution in [2.24, 2.45) is 0 Å². The highest BCUT2D eigenvalue weighted by Gasteiger charge is 2.20. The van der Waals surface area contributed by atoms with Gasteiger partial charge in [0, 0.05) is 50.2 Å². The van der Waals surface area contributed by atoms with E-state index in [4.69, 9.17) is 14.5 Å². The smallest absolute Gasteiger partial charge is 0.231 e. The topological polar surface area (TPSA) is 37.8 Å². The van der Waals surface area contributed by atoms with Gasteiger partial charge in [-0.25, -0.2) is 4.98 Å². The van der Waals surface area contributed by atoms with Crippen LogP contribution in [-0.2, 0) is 13.1 Å². The minimum Gasteiger partial charge on any atom is -0.454 e. The summed E-state index contributed by atoms with van der Waals surface area (Å²) in [7, 11) is 0. The Balaban J connectivity index is 1.07. The predicted molar refractivity (Wildman–Crippen MR) is 128 cm³/mol. The Labute approximate surface area is 191 Å².